The van der Waals surface area contributed by atoms with Crippen molar-refractivity contribution >= 4 is 15.9 Å². The maximum atomic E-state index is 5.73. The number of ether oxygens (including phenoxy) is 1. The van der Waals surface area contributed by atoms with E-state index in [1.54, 1.807) is 0 Å². The van der Waals surface area contributed by atoms with E-state index in [2.05, 4.69) is 47.2 Å². The van der Waals surface area contributed by atoms with E-state index in [4.69, 9.17) is 4.74 Å². The van der Waals surface area contributed by atoms with E-state index in [-0.39, 0.29) is 6.10 Å². The lowest BCUT2D eigenvalue weighted by atomic mass is 10.0. The molecule has 0 bridgehead atoms. The first-order chi connectivity index (χ1) is 7.18. The predicted molar refractivity (Wildman–Crippen MR) is 65.2 cm³/mol. The molecule has 0 spiro atoms. The molecular formula is C12H16BrNO. The summed E-state index contributed by atoms with van der Waals surface area (Å²) >= 11 is 3.59. The molecule has 0 aliphatic carbocycles. The molecule has 1 N–H and O–H groups in total. The molecule has 1 atom stereocenters. The van der Waals surface area contributed by atoms with Crippen LogP contribution < -0.4 is 5.32 Å². The topological polar surface area (TPSA) is 21.3 Å². The van der Waals surface area contributed by atoms with Crippen molar-refractivity contribution in [1.29, 1.82) is 0 Å². The highest BCUT2D eigenvalue weighted by atomic mass is 79.9. The van der Waals surface area contributed by atoms with Crippen LogP contribution in [0.5, 0.6) is 0 Å². The van der Waals surface area contributed by atoms with E-state index < -0.39 is 0 Å². The molecule has 0 aromatic heterocycles. The van der Waals surface area contributed by atoms with Gasteiger partial charge in [0, 0.05) is 17.6 Å². The predicted octanol–water partition coefficient (Wildman–Crippen LogP) is 2.73. The molecule has 1 aromatic rings. The van der Waals surface area contributed by atoms with Gasteiger partial charge in [0.25, 0.3) is 0 Å². The van der Waals surface area contributed by atoms with Gasteiger partial charge in [-0.1, -0.05) is 22.0 Å². The monoisotopic (exact) mass is 269 g/mol. The van der Waals surface area contributed by atoms with Crippen LogP contribution in [-0.4, -0.2) is 19.7 Å². The number of morpholine rings is 1. The Morgan fingerprint density at radius 2 is 2.20 bits per heavy atom. The quantitative estimate of drug-likeness (QED) is 0.847. The Bertz CT molecular complexity index is 336. The van der Waals surface area contributed by atoms with E-state index >= 15 is 0 Å². The van der Waals surface area contributed by atoms with Crippen molar-refractivity contribution in [2.24, 2.45) is 0 Å². The summed E-state index contributed by atoms with van der Waals surface area (Å²) in [6.45, 7) is 6.94. The third-order valence-corrected chi connectivity index (χ3v) is 3.75. The van der Waals surface area contributed by atoms with Crippen LogP contribution in [0.4, 0.5) is 0 Å². The van der Waals surface area contributed by atoms with Crippen molar-refractivity contribution in [2.75, 3.05) is 19.7 Å². The second-order valence-corrected chi connectivity index (χ2v) is 4.86. The molecule has 1 aliphatic heterocycles. The van der Waals surface area contributed by atoms with Crippen molar-refractivity contribution in [2.45, 2.75) is 20.0 Å². The van der Waals surface area contributed by atoms with E-state index in [9.17, 15) is 0 Å². The van der Waals surface area contributed by atoms with Gasteiger partial charge in [0.15, 0.2) is 0 Å². The third kappa shape index (κ3) is 2.41. The maximum absolute atomic E-state index is 5.73. The molecule has 1 aliphatic rings. The molecule has 0 radical (unpaired) electrons. The van der Waals surface area contributed by atoms with Gasteiger partial charge in [0.1, 0.15) is 0 Å². The Hall–Kier alpha value is -0.380. The Morgan fingerprint density at radius 3 is 2.80 bits per heavy atom. The van der Waals surface area contributed by atoms with Gasteiger partial charge in [0.05, 0.1) is 12.7 Å². The summed E-state index contributed by atoms with van der Waals surface area (Å²) < 4.78 is 6.90. The highest BCUT2D eigenvalue weighted by molar-refractivity contribution is 9.10. The largest absolute Gasteiger partial charge is 0.371 e. The second-order valence-electron chi connectivity index (χ2n) is 4.01. The van der Waals surface area contributed by atoms with Gasteiger partial charge in [-0.05, 0) is 36.6 Å². The number of hydrogen-bond acceptors (Lipinski definition) is 2. The highest BCUT2D eigenvalue weighted by Crippen LogP contribution is 2.27. The molecule has 1 fully saturated rings. The summed E-state index contributed by atoms with van der Waals surface area (Å²) in [7, 11) is 0. The molecule has 15 heavy (non-hydrogen) atoms. The zero-order valence-electron chi connectivity index (χ0n) is 9.14. The molecule has 1 aromatic carbocycles. The van der Waals surface area contributed by atoms with E-state index in [0.717, 1.165) is 19.7 Å². The zero-order valence-corrected chi connectivity index (χ0v) is 10.7. The highest BCUT2D eigenvalue weighted by Gasteiger charge is 2.16. The van der Waals surface area contributed by atoms with E-state index in [1.807, 2.05) is 0 Å². The molecule has 3 heteroatoms. The van der Waals surface area contributed by atoms with E-state index in [0.29, 0.717) is 0 Å². The van der Waals surface area contributed by atoms with Gasteiger partial charge in [-0.3, -0.25) is 0 Å². The lowest BCUT2D eigenvalue weighted by molar-refractivity contribution is 0.0276. The Kier molecular flexibility index (Phi) is 3.44. The first-order valence-corrected chi connectivity index (χ1v) is 6.07. The maximum Gasteiger partial charge on any atom is 0.0950 e. The number of hydrogen-bond donors (Lipinski definition) is 1. The third-order valence-electron chi connectivity index (χ3n) is 2.93. The lowest BCUT2D eigenvalue weighted by Gasteiger charge is -2.24. The summed E-state index contributed by atoms with van der Waals surface area (Å²) in [5.41, 5.74) is 3.88. The Balaban J connectivity index is 2.27. The number of benzene rings is 1. The molecule has 1 unspecified atom stereocenters. The van der Waals surface area contributed by atoms with Gasteiger partial charge < -0.3 is 10.1 Å². The van der Waals surface area contributed by atoms with Crippen molar-refractivity contribution in [3.8, 4) is 0 Å². The SMILES string of the molecule is Cc1cc(C2CNCCO2)cc(Br)c1C. The molecular weight excluding hydrogens is 254 g/mol. The smallest absolute Gasteiger partial charge is 0.0950 e. The standard InChI is InChI=1S/C12H16BrNO/c1-8-5-10(6-11(13)9(8)2)12-7-14-3-4-15-12/h5-6,12,14H,3-4,7H2,1-2H3. The fourth-order valence-corrected chi connectivity index (χ4v) is 2.39. The van der Waals surface area contributed by atoms with Crippen LogP contribution >= 0.6 is 15.9 Å². The van der Waals surface area contributed by atoms with Gasteiger partial charge in [0.2, 0.25) is 0 Å². The minimum absolute atomic E-state index is 0.203. The Labute approximate surface area is 99.1 Å². The molecule has 0 saturated carbocycles. The molecule has 1 saturated heterocycles. The van der Waals surface area contributed by atoms with Crippen LogP contribution in [0, 0.1) is 13.8 Å². The summed E-state index contributed by atoms with van der Waals surface area (Å²) in [5, 5.41) is 3.35. The number of aryl methyl sites for hydroxylation is 1. The van der Waals surface area contributed by atoms with Crippen LogP contribution in [0.3, 0.4) is 0 Å². The average molecular weight is 270 g/mol. The minimum atomic E-state index is 0.203. The molecule has 2 rings (SSSR count). The number of rotatable bonds is 1. The van der Waals surface area contributed by atoms with Gasteiger partial charge in [-0.15, -0.1) is 0 Å². The van der Waals surface area contributed by atoms with Crippen LogP contribution in [0.15, 0.2) is 16.6 Å². The van der Waals surface area contributed by atoms with Crippen LogP contribution in [0.1, 0.15) is 22.8 Å². The van der Waals surface area contributed by atoms with Crippen molar-refractivity contribution < 1.29 is 4.74 Å². The fourth-order valence-electron chi connectivity index (χ4n) is 1.81. The first-order valence-electron chi connectivity index (χ1n) is 5.27. The number of nitrogens with one attached hydrogen (secondary N) is 1. The number of halogens is 1. The van der Waals surface area contributed by atoms with Crippen molar-refractivity contribution in [3.63, 3.8) is 0 Å². The zero-order chi connectivity index (χ0) is 10.8. The Morgan fingerprint density at radius 1 is 1.40 bits per heavy atom. The van der Waals surface area contributed by atoms with Crippen LogP contribution in [0.25, 0.3) is 0 Å². The van der Waals surface area contributed by atoms with Crippen molar-refractivity contribution in [1.82, 2.24) is 5.32 Å². The fraction of sp³-hybridized carbons (Fsp3) is 0.500. The first kappa shape index (κ1) is 11.1. The van der Waals surface area contributed by atoms with Crippen LogP contribution in [-0.2, 0) is 4.74 Å². The molecule has 1 heterocycles. The van der Waals surface area contributed by atoms with E-state index in [1.165, 1.54) is 21.2 Å². The van der Waals surface area contributed by atoms with Crippen LogP contribution in [0.2, 0.25) is 0 Å². The summed E-state index contributed by atoms with van der Waals surface area (Å²) in [6.07, 6.45) is 0.203. The summed E-state index contributed by atoms with van der Waals surface area (Å²) in [6, 6.07) is 4.39. The minimum Gasteiger partial charge on any atom is -0.371 e. The molecule has 2 nitrogen and oxygen atoms in total. The van der Waals surface area contributed by atoms with Crippen molar-refractivity contribution in [3.05, 3.63) is 33.3 Å². The summed E-state index contributed by atoms with van der Waals surface area (Å²) in [4.78, 5) is 0. The summed E-state index contributed by atoms with van der Waals surface area (Å²) in [5.74, 6) is 0. The molecule has 0 amide bonds. The average Bonchev–Trinajstić information content (AvgIpc) is 2.26. The second kappa shape index (κ2) is 4.64. The molecule has 82 valence electrons. The normalized spacial score (nSPS) is 21.7. The lowest BCUT2D eigenvalue weighted by Crippen LogP contribution is -2.33. The van der Waals surface area contributed by atoms with Gasteiger partial charge >= 0.3 is 0 Å². The van der Waals surface area contributed by atoms with Gasteiger partial charge in [-0.25, -0.2) is 0 Å². The van der Waals surface area contributed by atoms with Gasteiger partial charge in [-0.2, -0.15) is 0 Å².